The lowest BCUT2D eigenvalue weighted by atomic mass is 9.88. The van der Waals surface area contributed by atoms with Gasteiger partial charge in [0.1, 0.15) is 0 Å². The molecule has 1 aliphatic carbocycles. The Labute approximate surface area is 135 Å². The largest absolute Gasteiger partial charge is 0.352 e. The normalized spacial score (nSPS) is 16.9. The van der Waals surface area contributed by atoms with E-state index in [1.54, 1.807) is 0 Å². The highest BCUT2D eigenvalue weighted by atomic mass is 16.2. The van der Waals surface area contributed by atoms with Gasteiger partial charge in [-0.3, -0.25) is 9.69 Å². The molecule has 1 saturated carbocycles. The zero-order valence-electron chi connectivity index (χ0n) is 14.3. The van der Waals surface area contributed by atoms with Crippen LogP contribution in [0.5, 0.6) is 0 Å². The number of nitrogens with one attached hydrogen (secondary N) is 1. The summed E-state index contributed by atoms with van der Waals surface area (Å²) in [7, 11) is 0. The first-order valence-corrected chi connectivity index (χ1v) is 8.66. The van der Waals surface area contributed by atoms with Gasteiger partial charge in [-0.15, -0.1) is 0 Å². The number of carbonyl (C=O) groups excluding carboxylic acids is 1. The molecular weight excluding hydrogens is 272 g/mol. The summed E-state index contributed by atoms with van der Waals surface area (Å²) in [6.45, 7) is 10.2. The molecule has 1 aliphatic rings. The van der Waals surface area contributed by atoms with Gasteiger partial charge in [0.2, 0.25) is 5.91 Å². The first-order valence-electron chi connectivity index (χ1n) is 8.66. The van der Waals surface area contributed by atoms with Gasteiger partial charge in [-0.05, 0) is 37.1 Å². The molecule has 3 heteroatoms. The Morgan fingerprint density at radius 1 is 1.14 bits per heavy atom. The van der Waals surface area contributed by atoms with Crippen molar-refractivity contribution in [1.82, 2.24) is 10.2 Å². The molecule has 1 N–H and O–H groups in total. The second-order valence-corrected chi connectivity index (χ2v) is 6.68. The van der Waals surface area contributed by atoms with Crippen LogP contribution in [-0.2, 0) is 17.9 Å². The molecule has 0 aromatic heterocycles. The van der Waals surface area contributed by atoms with Crippen LogP contribution in [0.25, 0.3) is 0 Å². The number of hydrogen-bond acceptors (Lipinski definition) is 2. The SMILES string of the molecule is CCN(CC)Cc1ccccc1CNC(=O)C1(C)CCCC1. The first-order chi connectivity index (χ1) is 10.6. The smallest absolute Gasteiger partial charge is 0.226 e. The summed E-state index contributed by atoms with van der Waals surface area (Å²) in [6.07, 6.45) is 4.42. The number of carbonyl (C=O) groups is 1. The van der Waals surface area contributed by atoms with E-state index in [9.17, 15) is 4.79 Å². The van der Waals surface area contributed by atoms with E-state index < -0.39 is 0 Å². The van der Waals surface area contributed by atoms with Crippen molar-refractivity contribution in [2.24, 2.45) is 5.41 Å². The minimum atomic E-state index is -0.145. The van der Waals surface area contributed by atoms with E-state index in [-0.39, 0.29) is 11.3 Å². The fourth-order valence-electron chi connectivity index (χ4n) is 3.34. The van der Waals surface area contributed by atoms with E-state index in [1.807, 2.05) is 0 Å². The Morgan fingerprint density at radius 3 is 2.32 bits per heavy atom. The molecule has 1 fully saturated rings. The first kappa shape index (κ1) is 17.0. The van der Waals surface area contributed by atoms with Crippen molar-refractivity contribution in [1.29, 1.82) is 0 Å². The summed E-state index contributed by atoms with van der Waals surface area (Å²) in [5.41, 5.74) is 2.42. The highest BCUT2D eigenvalue weighted by Crippen LogP contribution is 2.37. The number of benzene rings is 1. The fraction of sp³-hybridized carbons (Fsp3) is 0.632. The lowest BCUT2D eigenvalue weighted by Crippen LogP contribution is -2.37. The third kappa shape index (κ3) is 4.10. The van der Waals surface area contributed by atoms with Gasteiger partial charge in [-0.1, -0.05) is 57.9 Å². The molecule has 0 saturated heterocycles. The van der Waals surface area contributed by atoms with Crippen LogP contribution in [0.3, 0.4) is 0 Å². The van der Waals surface area contributed by atoms with E-state index in [1.165, 1.54) is 24.0 Å². The molecule has 122 valence electrons. The molecule has 0 bridgehead atoms. The summed E-state index contributed by atoms with van der Waals surface area (Å²) < 4.78 is 0. The van der Waals surface area contributed by atoms with Crippen LogP contribution in [0.2, 0.25) is 0 Å². The monoisotopic (exact) mass is 302 g/mol. The second-order valence-electron chi connectivity index (χ2n) is 6.68. The van der Waals surface area contributed by atoms with Crippen molar-refractivity contribution in [3.8, 4) is 0 Å². The molecule has 0 unspecified atom stereocenters. The van der Waals surface area contributed by atoms with Crippen molar-refractivity contribution in [3.05, 3.63) is 35.4 Å². The molecular formula is C19H30N2O. The summed E-state index contributed by atoms with van der Waals surface area (Å²) in [6, 6.07) is 8.46. The van der Waals surface area contributed by atoms with Crippen LogP contribution in [0, 0.1) is 5.41 Å². The molecule has 1 aromatic carbocycles. The van der Waals surface area contributed by atoms with Gasteiger partial charge in [-0.25, -0.2) is 0 Å². The summed E-state index contributed by atoms with van der Waals surface area (Å²) >= 11 is 0. The lowest BCUT2D eigenvalue weighted by Gasteiger charge is -2.24. The highest BCUT2D eigenvalue weighted by Gasteiger charge is 2.35. The molecule has 3 nitrogen and oxygen atoms in total. The quantitative estimate of drug-likeness (QED) is 0.832. The molecule has 1 aromatic rings. The van der Waals surface area contributed by atoms with Gasteiger partial charge in [0.05, 0.1) is 0 Å². The van der Waals surface area contributed by atoms with Gasteiger partial charge in [-0.2, -0.15) is 0 Å². The minimum Gasteiger partial charge on any atom is -0.352 e. The van der Waals surface area contributed by atoms with Crippen LogP contribution < -0.4 is 5.32 Å². The van der Waals surface area contributed by atoms with E-state index in [0.29, 0.717) is 6.54 Å². The van der Waals surface area contributed by atoms with Crippen LogP contribution >= 0.6 is 0 Å². The van der Waals surface area contributed by atoms with Crippen molar-refractivity contribution < 1.29 is 4.79 Å². The second kappa shape index (κ2) is 7.77. The summed E-state index contributed by atoms with van der Waals surface area (Å²) in [4.78, 5) is 14.9. The van der Waals surface area contributed by atoms with Crippen molar-refractivity contribution in [2.75, 3.05) is 13.1 Å². The lowest BCUT2D eigenvalue weighted by molar-refractivity contribution is -0.130. The Bertz CT molecular complexity index is 488. The van der Waals surface area contributed by atoms with Gasteiger partial charge >= 0.3 is 0 Å². The van der Waals surface area contributed by atoms with Gasteiger partial charge < -0.3 is 5.32 Å². The van der Waals surface area contributed by atoms with Gasteiger partial charge in [0.25, 0.3) is 0 Å². The zero-order valence-corrected chi connectivity index (χ0v) is 14.3. The third-order valence-electron chi connectivity index (χ3n) is 5.10. The third-order valence-corrected chi connectivity index (χ3v) is 5.10. The maximum Gasteiger partial charge on any atom is 0.226 e. The number of hydrogen-bond donors (Lipinski definition) is 1. The Balaban J connectivity index is 1.99. The van der Waals surface area contributed by atoms with E-state index in [4.69, 9.17) is 0 Å². The fourth-order valence-corrected chi connectivity index (χ4v) is 3.34. The van der Waals surface area contributed by atoms with E-state index in [2.05, 4.69) is 55.3 Å². The topological polar surface area (TPSA) is 32.3 Å². The maximum atomic E-state index is 12.5. The van der Waals surface area contributed by atoms with Crippen LogP contribution in [0.1, 0.15) is 57.6 Å². The standard InChI is InChI=1S/C19H30N2O/c1-4-21(5-2)15-17-11-7-6-10-16(17)14-20-18(22)19(3)12-8-9-13-19/h6-7,10-11H,4-5,8-9,12-15H2,1-3H3,(H,20,22). The van der Waals surface area contributed by atoms with Gasteiger partial charge in [0.15, 0.2) is 0 Å². The van der Waals surface area contributed by atoms with Crippen molar-refractivity contribution in [2.45, 2.75) is 59.5 Å². The number of nitrogens with zero attached hydrogens (tertiary/aromatic N) is 1. The van der Waals surface area contributed by atoms with Crippen LogP contribution in [0.4, 0.5) is 0 Å². The van der Waals surface area contributed by atoms with Crippen molar-refractivity contribution >= 4 is 5.91 Å². The maximum absolute atomic E-state index is 12.5. The molecule has 0 spiro atoms. The Hall–Kier alpha value is -1.35. The zero-order chi connectivity index (χ0) is 16.0. The van der Waals surface area contributed by atoms with Crippen molar-refractivity contribution in [3.63, 3.8) is 0 Å². The number of amides is 1. The predicted octanol–water partition coefficient (Wildman–Crippen LogP) is 3.72. The summed E-state index contributed by atoms with van der Waals surface area (Å²) in [5, 5.41) is 3.17. The molecule has 0 aliphatic heterocycles. The minimum absolute atomic E-state index is 0.145. The summed E-state index contributed by atoms with van der Waals surface area (Å²) in [5.74, 6) is 0.225. The number of rotatable bonds is 7. The Kier molecular flexibility index (Phi) is 6.01. The van der Waals surface area contributed by atoms with Crippen LogP contribution in [-0.4, -0.2) is 23.9 Å². The molecule has 2 rings (SSSR count). The molecule has 22 heavy (non-hydrogen) atoms. The average Bonchev–Trinajstić information content (AvgIpc) is 2.99. The van der Waals surface area contributed by atoms with E-state index in [0.717, 1.165) is 32.5 Å². The molecule has 0 atom stereocenters. The molecule has 1 amide bonds. The predicted molar refractivity (Wildman–Crippen MR) is 91.5 cm³/mol. The Morgan fingerprint density at radius 2 is 1.73 bits per heavy atom. The average molecular weight is 302 g/mol. The highest BCUT2D eigenvalue weighted by molar-refractivity contribution is 5.82. The van der Waals surface area contributed by atoms with Crippen LogP contribution in [0.15, 0.2) is 24.3 Å². The molecule has 0 heterocycles. The van der Waals surface area contributed by atoms with Gasteiger partial charge in [0, 0.05) is 18.5 Å². The molecule has 0 radical (unpaired) electrons. The van der Waals surface area contributed by atoms with E-state index >= 15 is 0 Å².